The van der Waals surface area contributed by atoms with E-state index in [-0.39, 0.29) is 11.2 Å². The molecule has 0 radical (unpaired) electrons. The van der Waals surface area contributed by atoms with Gasteiger partial charge < -0.3 is 5.32 Å². The van der Waals surface area contributed by atoms with Crippen molar-refractivity contribution in [3.05, 3.63) is 64.4 Å². The second-order valence-corrected chi connectivity index (χ2v) is 9.15. The molecule has 1 amide bonds. The standard InChI is InChI=1S/C20H17N3OS3/c1-13(18(24)21-10-15-8-5-9-25-15)27-20-17-16(14-6-3-2-4-7-14)11-26-19(17)22-12-23-20/h2-9,11-13H,10H2,1H3,(H,21,24). The lowest BCUT2D eigenvalue weighted by atomic mass is 10.1. The summed E-state index contributed by atoms with van der Waals surface area (Å²) in [5.41, 5.74) is 2.25. The molecule has 0 aliphatic heterocycles. The average molecular weight is 412 g/mol. The molecule has 3 heterocycles. The minimum absolute atomic E-state index is 0.0108. The predicted octanol–water partition coefficient (Wildman–Crippen LogP) is 5.22. The lowest BCUT2D eigenvalue weighted by Gasteiger charge is -2.12. The third kappa shape index (κ3) is 4.05. The van der Waals surface area contributed by atoms with E-state index < -0.39 is 0 Å². The number of hydrogen-bond donors (Lipinski definition) is 1. The van der Waals surface area contributed by atoms with E-state index >= 15 is 0 Å². The van der Waals surface area contributed by atoms with Crippen LogP contribution in [0, 0.1) is 0 Å². The van der Waals surface area contributed by atoms with Crippen molar-refractivity contribution in [2.24, 2.45) is 0 Å². The zero-order valence-electron chi connectivity index (χ0n) is 14.6. The van der Waals surface area contributed by atoms with Gasteiger partial charge in [-0.2, -0.15) is 0 Å². The van der Waals surface area contributed by atoms with Gasteiger partial charge in [0.1, 0.15) is 16.2 Å². The minimum atomic E-state index is -0.244. The number of nitrogens with one attached hydrogen (secondary N) is 1. The molecule has 0 fully saturated rings. The van der Waals surface area contributed by atoms with E-state index in [0.717, 1.165) is 31.2 Å². The van der Waals surface area contributed by atoms with E-state index in [1.807, 2.05) is 42.6 Å². The van der Waals surface area contributed by atoms with Crippen LogP contribution in [0.1, 0.15) is 11.8 Å². The fourth-order valence-electron chi connectivity index (χ4n) is 2.72. The highest BCUT2D eigenvalue weighted by Gasteiger charge is 2.19. The van der Waals surface area contributed by atoms with Gasteiger partial charge >= 0.3 is 0 Å². The summed E-state index contributed by atoms with van der Waals surface area (Å²) < 4.78 is 0. The molecule has 0 bridgehead atoms. The van der Waals surface area contributed by atoms with Crippen LogP contribution in [0.25, 0.3) is 21.3 Å². The third-order valence-electron chi connectivity index (χ3n) is 4.09. The second-order valence-electron chi connectivity index (χ2n) is 5.93. The van der Waals surface area contributed by atoms with Crippen LogP contribution >= 0.6 is 34.4 Å². The first kappa shape index (κ1) is 18.2. The van der Waals surface area contributed by atoms with Crippen LogP contribution in [0.4, 0.5) is 0 Å². The molecule has 3 aromatic heterocycles. The number of rotatable bonds is 6. The van der Waals surface area contributed by atoms with Gasteiger partial charge in [-0.05, 0) is 23.9 Å². The maximum absolute atomic E-state index is 12.5. The fraction of sp³-hybridized carbons (Fsp3) is 0.150. The lowest BCUT2D eigenvalue weighted by molar-refractivity contribution is -0.120. The molecule has 1 atom stereocenters. The minimum Gasteiger partial charge on any atom is -0.350 e. The molecule has 1 N–H and O–H groups in total. The highest BCUT2D eigenvalue weighted by Crippen LogP contribution is 2.38. The number of carbonyl (C=O) groups excluding carboxylic acids is 1. The first-order valence-electron chi connectivity index (χ1n) is 8.47. The summed E-state index contributed by atoms with van der Waals surface area (Å²) in [5.74, 6) is 0.0108. The molecule has 4 nitrogen and oxygen atoms in total. The van der Waals surface area contributed by atoms with Crippen LogP contribution in [0.5, 0.6) is 0 Å². The Morgan fingerprint density at radius 3 is 2.78 bits per heavy atom. The zero-order chi connectivity index (χ0) is 18.6. The number of fused-ring (bicyclic) bond motifs is 1. The molecular weight excluding hydrogens is 394 g/mol. The number of nitrogens with zero attached hydrogens (tertiary/aromatic N) is 2. The van der Waals surface area contributed by atoms with E-state index in [1.165, 1.54) is 11.8 Å². The molecule has 4 rings (SSSR count). The Bertz CT molecular complexity index is 1040. The Hall–Kier alpha value is -2.22. The number of thiophene rings is 2. The van der Waals surface area contributed by atoms with Gasteiger partial charge in [0.2, 0.25) is 5.91 Å². The molecule has 27 heavy (non-hydrogen) atoms. The maximum atomic E-state index is 12.5. The normalized spacial score (nSPS) is 12.2. The van der Waals surface area contributed by atoms with Gasteiger partial charge in [0.25, 0.3) is 0 Å². The molecule has 0 aliphatic carbocycles. The van der Waals surface area contributed by atoms with E-state index in [1.54, 1.807) is 29.0 Å². The molecule has 1 aromatic carbocycles. The topological polar surface area (TPSA) is 54.9 Å². The monoisotopic (exact) mass is 411 g/mol. The Morgan fingerprint density at radius 2 is 2.00 bits per heavy atom. The summed E-state index contributed by atoms with van der Waals surface area (Å²) in [7, 11) is 0. The van der Waals surface area contributed by atoms with E-state index in [0.29, 0.717) is 6.54 Å². The van der Waals surface area contributed by atoms with Crippen molar-refractivity contribution in [1.82, 2.24) is 15.3 Å². The maximum Gasteiger partial charge on any atom is 0.233 e. The van der Waals surface area contributed by atoms with Crippen molar-refractivity contribution in [3.63, 3.8) is 0 Å². The zero-order valence-corrected chi connectivity index (χ0v) is 17.0. The fourth-order valence-corrected chi connectivity index (χ4v) is 5.30. The quantitative estimate of drug-likeness (QED) is 0.349. The highest BCUT2D eigenvalue weighted by atomic mass is 32.2. The summed E-state index contributed by atoms with van der Waals surface area (Å²) >= 11 is 4.72. The van der Waals surface area contributed by atoms with Crippen LogP contribution in [0.2, 0.25) is 0 Å². The SMILES string of the molecule is CC(Sc1ncnc2scc(-c3ccccc3)c12)C(=O)NCc1cccs1. The van der Waals surface area contributed by atoms with Crippen molar-refractivity contribution in [2.45, 2.75) is 23.7 Å². The molecule has 7 heteroatoms. The summed E-state index contributed by atoms with van der Waals surface area (Å²) in [6.45, 7) is 2.48. The van der Waals surface area contributed by atoms with Crippen LogP contribution in [-0.4, -0.2) is 21.1 Å². The van der Waals surface area contributed by atoms with Gasteiger partial charge in [-0.3, -0.25) is 4.79 Å². The molecule has 0 spiro atoms. The van der Waals surface area contributed by atoms with E-state index in [4.69, 9.17) is 0 Å². The van der Waals surface area contributed by atoms with Crippen molar-refractivity contribution in [3.8, 4) is 11.1 Å². The molecular formula is C20H17N3OS3. The number of hydrogen-bond acceptors (Lipinski definition) is 6. The third-order valence-corrected chi connectivity index (χ3v) is 6.96. The van der Waals surface area contributed by atoms with Crippen molar-refractivity contribution in [1.29, 1.82) is 0 Å². The first-order chi connectivity index (χ1) is 13.2. The van der Waals surface area contributed by atoms with Gasteiger partial charge in [0.15, 0.2) is 0 Å². The van der Waals surface area contributed by atoms with Crippen LogP contribution < -0.4 is 5.32 Å². The summed E-state index contributed by atoms with van der Waals surface area (Å²) in [5, 5.41) is 8.75. The van der Waals surface area contributed by atoms with Gasteiger partial charge in [0.05, 0.1) is 17.2 Å². The predicted molar refractivity (Wildman–Crippen MR) is 114 cm³/mol. The summed E-state index contributed by atoms with van der Waals surface area (Å²) in [4.78, 5) is 23.5. The molecule has 136 valence electrons. The Labute approximate surface area is 169 Å². The summed E-state index contributed by atoms with van der Waals surface area (Å²) in [6.07, 6.45) is 1.58. The van der Waals surface area contributed by atoms with E-state index in [9.17, 15) is 4.79 Å². The molecule has 0 saturated carbocycles. The van der Waals surface area contributed by atoms with Crippen molar-refractivity contribution < 1.29 is 4.79 Å². The second kappa shape index (κ2) is 8.21. The number of benzene rings is 1. The van der Waals surface area contributed by atoms with E-state index in [2.05, 4.69) is 32.8 Å². The molecule has 0 saturated heterocycles. The smallest absolute Gasteiger partial charge is 0.233 e. The molecule has 0 aliphatic rings. The van der Waals surface area contributed by atoms with Crippen LogP contribution in [0.3, 0.4) is 0 Å². The number of carbonyl (C=O) groups is 1. The Balaban J connectivity index is 1.56. The van der Waals surface area contributed by atoms with Gasteiger partial charge in [-0.15, -0.1) is 22.7 Å². The number of amides is 1. The van der Waals surface area contributed by atoms with Gasteiger partial charge in [-0.25, -0.2) is 9.97 Å². The summed E-state index contributed by atoms with van der Waals surface area (Å²) in [6, 6.07) is 14.2. The Morgan fingerprint density at radius 1 is 1.15 bits per heavy atom. The number of aromatic nitrogens is 2. The van der Waals surface area contributed by atoms with Crippen molar-refractivity contribution >= 4 is 50.6 Å². The number of thioether (sulfide) groups is 1. The first-order valence-corrected chi connectivity index (χ1v) is 11.1. The largest absolute Gasteiger partial charge is 0.350 e. The van der Waals surface area contributed by atoms with Crippen LogP contribution in [-0.2, 0) is 11.3 Å². The lowest BCUT2D eigenvalue weighted by Crippen LogP contribution is -2.30. The molecule has 4 aromatic rings. The van der Waals surface area contributed by atoms with Gasteiger partial charge in [-0.1, -0.05) is 48.2 Å². The van der Waals surface area contributed by atoms with Crippen molar-refractivity contribution in [2.75, 3.05) is 0 Å². The van der Waals surface area contributed by atoms with Crippen LogP contribution in [0.15, 0.2) is 64.6 Å². The molecule has 1 unspecified atom stereocenters. The highest BCUT2D eigenvalue weighted by molar-refractivity contribution is 8.00. The van der Waals surface area contributed by atoms with Gasteiger partial charge in [0, 0.05) is 15.8 Å². The average Bonchev–Trinajstić information content (AvgIpc) is 3.37. The Kier molecular flexibility index (Phi) is 5.52.